The zero-order chi connectivity index (χ0) is 14.8. The lowest BCUT2D eigenvalue weighted by Gasteiger charge is -2.23. The second-order valence-electron chi connectivity index (χ2n) is 6.15. The van der Waals surface area contributed by atoms with Crippen LogP contribution in [0.2, 0.25) is 0 Å². The molecule has 1 saturated heterocycles. The molecule has 0 N–H and O–H groups in total. The van der Waals surface area contributed by atoms with Crippen LogP contribution in [0.25, 0.3) is 11.0 Å². The van der Waals surface area contributed by atoms with Gasteiger partial charge in [0.15, 0.2) is 0 Å². The normalized spacial score (nSPS) is 18.8. The molecule has 1 atom stereocenters. The zero-order valence-electron chi connectivity index (χ0n) is 13.0. The Hall–Kier alpha value is -1.06. The van der Waals surface area contributed by atoms with Gasteiger partial charge in [0.2, 0.25) is 0 Å². The smallest absolute Gasteiger partial charge is 0.106 e. The van der Waals surface area contributed by atoms with E-state index in [1.807, 2.05) is 6.92 Å². The second kappa shape index (κ2) is 6.37. The SMILES string of the molecule is Cc1nc2cc(C(Cl)CN3CCCCCC3)ccc2n1C. The molecule has 1 fully saturated rings. The molecule has 21 heavy (non-hydrogen) atoms. The number of benzene rings is 1. The summed E-state index contributed by atoms with van der Waals surface area (Å²) < 4.78 is 2.12. The van der Waals surface area contributed by atoms with Crippen LogP contribution in [0.5, 0.6) is 0 Å². The third-order valence-electron chi connectivity index (χ3n) is 4.61. The maximum absolute atomic E-state index is 6.66. The van der Waals surface area contributed by atoms with Crippen molar-refractivity contribution in [1.29, 1.82) is 0 Å². The van der Waals surface area contributed by atoms with E-state index >= 15 is 0 Å². The fourth-order valence-corrected chi connectivity index (χ4v) is 3.51. The Morgan fingerprint density at radius 1 is 1.19 bits per heavy atom. The predicted octanol–water partition coefficient (Wildman–Crippen LogP) is 4.04. The first-order chi connectivity index (χ1) is 10.1. The van der Waals surface area contributed by atoms with Gasteiger partial charge in [0.25, 0.3) is 0 Å². The standard InChI is InChI=1S/C17H24ClN3/c1-13-19-16-11-14(7-8-17(16)20(13)2)15(18)12-21-9-5-3-4-6-10-21/h7-8,11,15H,3-6,9-10,12H2,1-2H3. The quantitative estimate of drug-likeness (QED) is 0.798. The van der Waals surface area contributed by atoms with E-state index in [1.54, 1.807) is 0 Å². The van der Waals surface area contributed by atoms with Gasteiger partial charge in [-0.05, 0) is 50.6 Å². The Balaban J connectivity index is 1.76. The van der Waals surface area contributed by atoms with Crippen molar-refractivity contribution in [3.8, 4) is 0 Å². The van der Waals surface area contributed by atoms with Gasteiger partial charge in [0.1, 0.15) is 5.82 Å². The molecule has 2 heterocycles. The first-order valence-corrected chi connectivity index (χ1v) is 8.38. The summed E-state index contributed by atoms with van der Waals surface area (Å²) in [4.78, 5) is 7.12. The van der Waals surface area contributed by atoms with Crippen LogP contribution in [0.4, 0.5) is 0 Å². The van der Waals surface area contributed by atoms with Gasteiger partial charge in [-0.25, -0.2) is 4.98 Å². The van der Waals surface area contributed by atoms with Gasteiger partial charge in [-0.1, -0.05) is 18.9 Å². The first-order valence-electron chi connectivity index (χ1n) is 7.94. The monoisotopic (exact) mass is 305 g/mol. The zero-order valence-corrected chi connectivity index (χ0v) is 13.7. The molecule has 0 spiro atoms. The summed E-state index contributed by atoms with van der Waals surface area (Å²) in [6.45, 7) is 5.36. The molecule has 4 heteroatoms. The van der Waals surface area contributed by atoms with Crippen molar-refractivity contribution in [2.24, 2.45) is 7.05 Å². The molecule has 114 valence electrons. The molecule has 1 aliphatic rings. The van der Waals surface area contributed by atoms with Gasteiger partial charge in [0.05, 0.1) is 16.4 Å². The molecule has 0 amide bonds. The summed E-state index contributed by atoms with van der Waals surface area (Å²) in [5, 5.41) is 0.0508. The summed E-state index contributed by atoms with van der Waals surface area (Å²) in [5.41, 5.74) is 3.41. The van der Waals surface area contributed by atoms with E-state index in [0.717, 1.165) is 17.9 Å². The number of fused-ring (bicyclic) bond motifs is 1. The first kappa shape index (κ1) is 14.9. The average molecular weight is 306 g/mol. The topological polar surface area (TPSA) is 21.1 Å². The van der Waals surface area contributed by atoms with E-state index in [-0.39, 0.29) is 5.38 Å². The number of hydrogen-bond acceptors (Lipinski definition) is 2. The largest absolute Gasteiger partial charge is 0.331 e. The summed E-state index contributed by atoms with van der Waals surface area (Å²) in [6, 6.07) is 6.44. The van der Waals surface area contributed by atoms with Crippen LogP contribution in [0.15, 0.2) is 18.2 Å². The van der Waals surface area contributed by atoms with Crippen molar-refractivity contribution in [2.45, 2.75) is 38.0 Å². The number of hydrogen-bond donors (Lipinski definition) is 0. The number of halogens is 1. The molecule has 2 aromatic rings. The Labute approximate surface area is 131 Å². The molecule has 0 radical (unpaired) electrons. The van der Waals surface area contributed by atoms with Crippen molar-refractivity contribution in [3.05, 3.63) is 29.6 Å². The van der Waals surface area contributed by atoms with Gasteiger partial charge in [-0.2, -0.15) is 0 Å². The molecule has 3 rings (SSSR count). The van der Waals surface area contributed by atoms with Crippen LogP contribution >= 0.6 is 11.6 Å². The maximum atomic E-state index is 6.66. The molecular weight excluding hydrogens is 282 g/mol. The minimum atomic E-state index is 0.0508. The second-order valence-corrected chi connectivity index (χ2v) is 6.68. The number of nitrogens with zero attached hydrogens (tertiary/aromatic N) is 3. The summed E-state index contributed by atoms with van der Waals surface area (Å²) in [6.07, 6.45) is 5.34. The van der Waals surface area contributed by atoms with Crippen LogP contribution in [0.1, 0.15) is 42.4 Å². The summed E-state index contributed by atoms with van der Waals surface area (Å²) in [7, 11) is 2.06. The average Bonchev–Trinajstić information content (AvgIpc) is 2.67. The third-order valence-corrected chi connectivity index (χ3v) is 5.00. The van der Waals surface area contributed by atoms with Crippen LogP contribution in [0.3, 0.4) is 0 Å². The molecule has 1 unspecified atom stereocenters. The van der Waals surface area contributed by atoms with Crippen LogP contribution in [-0.4, -0.2) is 34.1 Å². The van der Waals surface area contributed by atoms with Crippen molar-refractivity contribution >= 4 is 22.6 Å². The lowest BCUT2D eigenvalue weighted by molar-refractivity contribution is 0.285. The number of likely N-dealkylation sites (tertiary alicyclic amines) is 1. The van der Waals surface area contributed by atoms with Gasteiger partial charge in [0, 0.05) is 13.6 Å². The highest BCUT2D eigenvalue weighted by Gasteiger charge is 2.16. The molecule has 0 aliphatic carbocycles. The van der Waals surface area contributed by atoms with E-state index in [0.29, 0.717) is 0 Å². The number of rotatable bonds is 3. The minimum Gasteiger partial charge on any atom is -0.331 e. The van der Waals surface area contributed by atoms with Gasteiger partial charge < -0.3 is 9.47 Å². The number of aromatic nitrogens is 2. The van der Waals surface area contributed by atoms with E-state index in [9.17, 15) is 0 Å². The third kappa shape index (κ3) is 3.24. The van der Waals surface area contributed by atoms with Gasteiger partial charge in [-0.15, -0.1) is 11.6 Å². The number of imidazole rings is 1. The highest BCUT2D eigenvalue weighted by atomic mass is 35.5. The number of alkyl halides is 1. The Bertz CT molecular complexity index is 612. The highest BCUT2D eigenvalue weighted by molar-refractivity contribution is 6.21. The Morgan fingerprint density at radius 2 is 1.90 bits per heavy atom. The fourth-order valence-electron chi connectivity index (χ4n) is 3.18. The molecular formula is C17H24ClN3. The Kier molecular flexibility index (Phi) is 4.51. The van der Waals surface area contributed by atoms with Crippen molar-refractivity contribution in [3.63, 3.8) is 0 Å². The lowest BCUT2D eigenvalue weighted by Crippen LogP contribution is -2.28. The van der Waals surface area contributed by atoms with Crippen molar-refractivity contribution in [2.75, 3.05) is 19.6 Å². The number of aryl methyl sites for hydroxylation is 2. The van der Waals surface area contributed by atoms with E-state index in [2.05, 4.69) is 39.7 Å². The summed E-state index contributed by atoms with van der Waals surface area (Å²) in [5.74, 6) is 1.04. The van der Waals surface area contributed by atoms with Crippen LogP contribution in [0, 0.1) is 6.92 Å². The van der Waals surface area contributed by atoms with E-state index < -0.39 is 0 Å². The molecule has 0 bridgehead atoms. The Morgan fingerprint density at radius 3 is 2.62 bits per heavy atom. The summed E-state index contributed by atoms with van der Waals surface area (Å²) >= 11 is 6.66. The molecule has 1 aliphatic heterocycles. The molecule has 1 aromatic carbocycles. The highest BCUT2D eigenvalue weighted by Crippen LogP contribution is 2.26. The van der Waals surface area contributed by atoms with E-state index in [4.69, 9.17) is 11.6 Å². The maximum Gasteiger partial charge on any atom is 0.106 e. The van der Waals surface area contributed by atoms with Crippen LogP contribution in [-0.2, 0) is 7.05 Å². The predicted molar refractivity (Wildman–Crippen MR) is 89.0 cm³/mol. The van der Waals surface area contributed by atoms with Crippen molar-refractivity contribution in [1.82, 2.24) is 14.5 Å². The van der Waals surface area contributed by atoms with Crippen LogP contribution < -0.4 is 0 Å². The molecule has 1 aromatic heterocycles. The van der Waals surface area contributed by atoms with Gasteiger partial charge >= 0.3 is 0 Å². The van der Waals surface area contributed by atoms with E-state index in [1.165, 1.54) is 49.9 Å². The minimum absolute atomic E-state index is 0.0508. The van der Waals surface area contributed by atoms with Crippen molar-refractivity contribution < 1.29 is 0 Å². The molecule has 3 nitrogen and oxygen atoms in total. The van der Waals surface area contributed by atoms with Gasteiger partial charge in [-0.3, -0.25) is 0 Å². The molecule has 0 saturated carbocycles. The fraction of sp³-hybridized carbons (Fsp3) is 0.588. The lowest BCUT2D eigenvalue weighted by atomic mass is 10.1.